The Kier molecular flexibility index (Phi) is 3.85. The number of nitrogens with two attached hydrogens (primary N) is 1. The Balaban J connectivity index is 2.26. The fourth-order valence-corrected chi connectivity index (χ4v) is 1.79. The van der Waals surface area contributed by atoms with Crippen LogP contribution < -0.4 is 15.2 Å². The van der Waals surface area contributed by atoms with Crippen LogP contribution in [0.25, 0.3) is 0 Å². The summed E-state index contributed by atoms with van der Waals surface area (Å²) in [5.74, 6) is 2.21. The number of ether oxygens (including phenoxy) is 2. The number of para-hydroxylation sites is 2. The lowest BCUT2D eigenvalue weighted by molar-refractivity contribution is 0.379. The summed E-state index contributed by atoms with van der Waals surface area (Å²) in [6.07, 6.45) is 0. The van der Waals surface area contributed by atoms with Gasteiger partial charge in [-0.25, -0.2) is 0 Å². The molecule has 0 fully saturated rings. The van der Waals surface area contributed by atoms with Crippen LogP contribution in [0.3, 0.4) is 0 Å². The minimum atomic E-state index is 0.542. The van der Waals surface area contributed by atoms with Gasteiger partial charge < -0.3 is 15.2 Å². The molecule has 0 aliphatic carbocycles. The van der Waals surface area contributed by atoms with Gasteiger partial charge in [0.2, 0.25) is 0 Å². The minimum absolute atomic E-state index is 0.542. The Morgan fingerprint density at radius 3 is 2.39 bits per heavy atom. The van der Waals surface area contributed by atoms with Gasteiger partial charge in [0.25, 0.3) is 0 Å². The topological polar surface area (TPSA) is 44.5 Å². The Morgan fingerprint density at radius 2 is 1.78 bits per heavy atom. The van der Waals surface area contributed by atoms with Gasteiger partial charge in [0, 0.05) is 6.54 Å². The number of rotatable bonds is 4. The molecule has 0 aromatic heterocycles. The number of benzene rings is 2. The molecule has 2 N–H and O–H groups in total. The third-order valence-electron chi connectivity index (χ3n) is 2.83. The zero-order valence-corrected chi connectivity index (χ0v) is 10.6. The fraction of sp³-hybridized carbons (Fsp3) is 0.200. The number of aryl methyl sites for hydroxylation is 1. The zero-order chi connectivity index (χ0) is 13.0. The Hall–Kier alpha value is -2.00. The quantitative estimate of drug-likeness (QED) is 0.896. The van der Waals surface area contributed by atoms with E-state index < -0.39 is 0 Å². The highest BCUT2D eigenvalue weighted by Crippen LogP contribution is 2.31. The SMILES string of the molecule is COc1ccccc1Oc1ccc(CN)c(C)c1. The molecule has 0 unspecified atom stereocenters. The molecule has 0 heterocycles. The molecule has 2 rings (SSSR count). The third-order valence-corrected chi connectivity index (χ3v) is 2.83. The maximum atomic E-state index is 5.81. The lowest BCUT2D eigenvalue weighted by atomic mass is 10.1. The summed E-state index contributed by atoms with van der Waals surface area (Å²) in [5.41, 5.74) is 7.89. The number of methoxy groups -OCH3 is 1. The van der Waals surface area contributed by atoms with Crippen LogP contribution in [-0.2, 0) is 6.54 Å². The van der Waals surface area contributed by atoms with E-state index in [0.717, 1.165) is 22.6 Å². The van der Waals surface area contributed by atoms with Crippen LogP contribution in [0.5, 0.6) is 17.2 Å². The van der Waals surface area contributed by atoms with E-state index in [1.165, 1.54) is 0 Å². The second-order valence-corrected chi connectivity index (χ2v) is 4.05. The van der Waals surface area contributed by atoms with Gasteiger partial charge in [0.05, 0.1) is 7.11 Å². The highest BCUT2D eigenvalue weighted by molar-refractivity contribution is 5.44. The summed E-state index contributed by atoms with van der Waals surface area (Å²) in [6.45, 7) is 2.57. The van der Waals surface area contributed by atoms with Gasteiger partial charge in [-0.1, -0.05) is 18.2 Å². The molecule has 2 aromatic rings. The van der Waals surface area contributed by atoms with E-state index in [-0.39, 0.29) is 0 Å². The van der Waals surface area contributed by atoms with Crippen molar-refractivity contribution < 1.29 is 9.47 Å². The predicted molar refractivity (Wildman–Crippen MR) is 72.1 cm³/mol. The zero-order valence-electron chi connectivity index (χ0n) is 10.6. The van der Waals surface area contributed by atoms with Crippen molar-refractivity contribution in [3.05, 3.63) is 53.6 Å². The van der Waals surface area contributed by atoms with Crippen LogP contribution >= 0.6 is 0 Å². The van der Waals surface area contributed by atoms with E-state index in [1.807, 2.05) is 49.4 Å². The monoisotopic (exact) mass is 243 g/mol. The van der Waals surface area contributed by atoms with Crippen molar-refractivity contribution in [2.75, 3.05) is 7.11 Å². The van der Waals surface area contributed by atoms with E-state index in [0.29, 0.717) is 12.3 Å². The summed E-state index contributed by atoms with van der Waals surface area (Å²) in [5, 5.41) is 0. The summed E-state index contributed by atoms with van der Waals surface area (Å²) >= 11 is 0. The molecule has 0 spiro atoms. The first-order valence-corrected chi connectivity index (χ1v) is 5.85. The van der Waals surface area contributed by atoms with Crippen molar-refractivity contribution in [3.63, 3.8) is 0 Å². The molecule has 0 bridgehead atoms. The Morgan fingerprint density at radius 1 is 1.06 bits per heavy atom. The van der Waals surface area contributed by atoms with E-state index in [4.69, 9.17) is 15.2 Å². The normalized spacial score (nSPS) is 10.2. The molecule has 0 radical (unpaired) electrons. The summed E-state index contributed by atoms with van der Waals surface area (Å²) in [6, 6.07) is 13.5. The molecule has 2 aromatic carbocycles. The second kappa shape index (κ2) is 5.56. The van der Waals surface area contributed by atoms with Crippen LogP contribution in [0.1, 0.15) is 11.1 Å². The highest BCUT2D eigenvalue weighted by Gasteiger charge is 2.05. The second-order valence-electron chi connectivity index (χ2n) is 4.05. The lowest BCUT2D eigenvalue weighted by Crippen LogP contribution is -1.99. The number of hydrogen-bond donors (Lipinski definition) is 1. The highest BCUT2D eigenvalue weighted by atomic mass is 16.5. The van der Waals surface area contributed by atoms with Crippen molar-refractivity contribution >= 4 is 0 Å². The Labute approximate surface area is 107 Å². The predicted octanol–water partition coefficient (Wildman–Crippen LogP) is 3.25. The average Bonchev–Trinajstić information content (AvgIpc) is 2.39. The van der Waals surface area contributed by atoms with Crippen LogP contribution in [0.15, 0.2) is 42.5 Å². The lowest BCUT2D eigenvalue weighted by Gasteiger charge is -2.11. The molecule has 0 amide bonds. The number of hydrogen-bond acceptors (Lipinski definition) is 3. The molecule has 0 atom stereocenters. The van der Waals surface area contributed by atoms with E-state index >= 15 is 0 Å². The average molecular weight is 243 g/mol. The van der Waals surface area contributed by atoms with E-state index in [1.54, 1.807) is 7.11 Å². The fourth-order valence-electron chi connectivity index (χ4n) is 1.79. The van der Waals surface area contributed by atoms with Crippen molar-refractivity contribution in [3.8, 4) is 17.2 Å². The van der Waals surface area contributed by atoms with Gasteiger partial charge in [-0.05, 0) is 42.3 Å². The molecule has 0 saturated carbocycles. The largest absolute Gasteiger partial charge is 0.493 e. The van der Waals surface area contributed by atoms with Crippen LogP contribution in [0.4, 0.5) is 0 Å². The summed E-state index contributed by atoms with van der Waals surface area (Å²) in [4.78, 5) is 0. The molecular weight excluding hydrogens is 226 g/mol. The molecule has 3 heteroatoms. The van der Waals surface area contributed by atoms with Crippen LogP contribution in [-0.4, -0.2) is 7.11 Å². The van der Waals surface area contributed by atoms with Gasteiger partial charge in [-0.2, -0.15) is 0 Å². The van der Waals surface area contributed by atoms with Crippen molar-refractivity contribution in [2.45, 2.75) is 13.5 Å². The first-order valence-electron chi connectivity index (χ1n) is 5.85. The van der Waals surface area contributed by atoms with Crippen LogP contribution in [0.2, 0.25) is 0 Å². The van der Waals surface area contributed by atoms with Gasteiger partial charge in [0.1, 0.15) is 5.75 Å². The van der Waals surface area contributed by atoms with Crippen LogP contribution in [0, 0.1) is 6.92 Å². The van der Waals surface area contributed by atoms with Gasteiger partial charge in [0.15, 0.2) is 11.5 Å². The van der Waals surface area contributed by atoms with Gasteiger partial charge in [-0.3, -0.25) is 0 Å². The summed E-state index contributed by atoms with van der Waals surface area (Å²) in [7, 11) is 1.63. The molecule has 0 aliphatic rings. The van der Waals surface area contributed by atoms with Gasteiger partial charge >= 0.3 is 0 Å². The maximum absolute atomic E-state index is 5.81. The first kappa shape index (κ1) is 12.5. The summed E-state index contributed by atoms with van der Waals surface area (Å²) < 4.78 is 11.1. The molecule has 94 valence electrons. The van der Waals surface area contributed by atoms with Gasteiger partial charge in [-0.15, -0.1) is 0 Å². The van der Waals surface area contributed by atoms with E-state index in [9.17, 15) is 0 Å². The maximum Gasteiger partial charge on any atom is 0.169 e. The van der Waals surface area contributed by atoms with E-state index in [2.05, 4.69) is 0 Å². The molecule has 18 heavy (non-hydrogen) atoms. The van der Waals surface area contributed by atoms with Crippen molar-refractivity contribution in [1.29, 1.82) is 0 Å². The molecule has 0 saturated heterocycles. The molecule has 3 nitrogen and oxygen atoms in total. The first-order chi connectivity index (χ1) is 8.74. The van der Waals surface area contributed by atoms with Crippen molar-refractivity contribution in [2.24, 2.45) is 5.73 Å². The Bertz CT molecular complexity index is 538. The molecular formula is C15H17NO2. The smallest absolute Gasteiger partial charge is 0.169 e. The molecule has 0 aliphatic heterocycles. The standard InChI is InChI=1S/C15H17NO2/c1-11-9-13(8-7-12(11)10-16)18-15-6-4-3-5-14(15)17-2/h3-9H,10,16H2,1-2H3. The van der Waals surface area contributed by atoms with Crippen molar-refractivity contribution in [1.82, 2.24) is 0 Å². The minimum Gasteiger partial charge on any atom is -0.493 e. The third kappa shape index (κ3) is 2.63.